The summed E-state index contributed by atoms with van der Waals surface area (Å²) in [5.41, 5.74) is 2.75. The van der Waals surface area contributed by atoms with Gasteiger partial charge < -0.3 is 15.0 Å². The fraction of sp³-hybridized carbons (Fsp3) is 0.278. The Hall–Kier alpha value is -4.70. The number of aryl methyl sites for hydroxylation is 1. The summed E-state index contributed by atoms with van der Waals surface area (Å²) in [6.45, 7) is 5.23. The molecule has 1 N–H and O–H groups in total. The SMILES string of the molecule is CC[C@@H](C)NC(=O)[C@@H](Cc1ccccc1)N(Cc1ccc(C)cc1)C(=O)CN(c1ccc(F)cc1)S(=O)(=O)c1ccc(OC)cc1. The lowest BCUT2D eigenvalue weighted by Crippen LogP contribution is -2.54. The molecule has 0 unspecified atom stereocenters. The minimum atomic E-state index is -4.32. The van der Waals surface area contributed by atoms with Crippen molar-refractivity contribution in [3.05, 3.63) is 126 Å². The zero-order valence-corrected chi connectivity index (χ0v) is 27.3. The molecule has 0 aliphatic rings. The van der Waals surface area contributed by atoms with Crippen LogP contribution in [0, 0.1) is 12.7 Å². The fourth-order valence-electron chi connectivity index (χ4n) is 4.90. The molecule has 0 radical (unpaired) electrons. The van der Waals surface area contributed by atoms with Crippen LogP contribution in [0.25, 0.3) is 0 Å². The molecule has 0 aromatic heterocycles. The molecule has 8 nitrogen and oxygen atoms in total. The lowest BCUT2D eigenvalue weighted by molar-refractivity contribution is -0.140. The maximum Gasteiger partial charge on any atom is 0.264 e. The van der Waals surface area contributed by atoms with E-state index in [-0.39, 0.29) is 35.5 Å². The number of benzene rings is 4. The second-order valence-corrected chi connectivity index (χ2v) is 13.1. The molecule has 242 valence electrons. The van der Waals surface area contributed by atoms with Gasteiger partial charge in [0.15, 0.2) is 0 Å². The third-order valence-electron chi connectivity index (χ3n) is 7.79. The Bertz CT molecular complexity index is 1700. The number of halogens is 1. The summed E-state index contributed by atoms with van der Waals surface area (Å²) in [6, 6.07) is 26.6. The molecule has 0 fully saturated rings. The Morgan fingerprint density at radius 3 is 2.09 bits per heavy atom. The highest BCUT2D eigenvalue weighted by atomic mass is 32.2. The molecule has 4 aromatic carbocycles. The number of anilines is 1. The van der Waals surface area contributed by atoms with Gasteiger partial charge in [0.1, 0.15) is 24.2 Å². The highest BCUT2D eigenvalue weighted by molar-refractivity contribution is 7.92. The van der Waals surface area contributed by atoms with Crippen molar-refractivity contribution < 1.29 is 27.1 Å². The molecule has 2 amide bonds. The van der Waals surface area contributed by atoms with Crippen molar-refractivity contribution in [2.24, 2.45) is 0 Å². The summed E-state index contributed by atoms with van der Waals surface area (Å²) >= 11 is 0. The van der Waals surface area contributed by atoms with Crippen LogP contribution in [0.1, 0.15) is 37.0 Å². The van der Waals surface area contributed by atoms with Crippen molar-refractivity contribution in [1.29, 1.82) is 0 Å². The average molecular weight is 646 g/mol. The van der Waals surface area contributed by atoms with Crippen LogP contribution >= 0.6 is 0 Å². The predicted molar refractivity (Wildman–Crippen MR) is 177 cm³/mol. The van der Waals surface area contributed by atoms with Crippen LogP contribution in [-0.2, 0) is 32.6 Å². The van der Waals surface area contributed by atoms with E-state index >= 15 is 0 Å². The van der Waals surface area contributed by atoms with Crippen LogP contribution in [-0.4, -0.2) is 50.9 Å². The lowest BCUT2D eigenvalue weighted by Gasteiger charge is -2.34. The minimum absolute atomic E-state index is 0.0599. The number of amides is 2. The van der Waals surface area contributed by atoms with Crippen LogP contribution in [0.2, 0.25) is 0 Å². The van der Waals surface area contributed by atoms with Gasteiger partial charge in [0.05, 0.1) is 17.7 Å². The van der Waals surface area contributed by atoms with Gasteiger partial charge >= 0.3 is 0 Å². The van der Waals surface area contributed by atoms with Gasteiger partial charge in [-0.05, 0) is 79.9 Å². The molecule has 0 bridgehead atoms. The van der Waals surface area contributed by atoms with Crippen molar-refractivity contribution in [2.75, 3.05) is 18.0 Å². The topological polar surface area (TPSA) is 96.0 Å². The van der Waals surface area contributed by atoms with Crippen molar-refractivity contribution in [3.8, 4) is 5.75 Å². The van der Waals surface area contributed by atoms with Gasteiger partial charge in [-0.2, -0.15) is 0 Å². The highest BCUT2D eigenvalue weighted by Crippen LogP contribution is 2.27. The monoisotopic (exact) mass is 645 g/mol. The number of hydrogen-bond donors (Lipinski definition) is 1. The number of carbonyl (C=O) groups excluding carboxylic acids is 2. The van der Waals surface area contributed by atoms with Crippen molar-refractivity contribution in [3.63, 3.8) is 0 Å². The van der Waals surface area contributed by atoms with Gasteiger partial charge in [-0.1, -0.05) is 67.1 Å². The number of hydrogen-bond acceptors (Lipinski definition) is 5. The van der Waals surface area contributed by atoms with E-state index in [0.29, 0.717) is 12.2 Å². The molecular weight excluding hydrogens is 605 g/mol. The maximum absolute atomic E-state index is 14.5. The van der Waals surface area contributed by atoms with E-state index < -0.39 is 34.3 Å². The number of carbonyl (C=O) groups is 2. The molecule has 4 aromatic rings. The molecule has 2 atom stereocenters. The molecular formula is C36H40FN3O5S. The predicted octanol–water partition coefficient (Wildman–Crippen LogP) is 5.89. The third kappa shape index (κ3) is 8.72. The Morgan fingerprint density at radius 2 is 1.50 bits per heavy atom. The summed E-state index contributed by atoms with van der Waals surface area (Å²) < 4.78 is 48.3. The number of nitrogens with one attached hydrogen (secondary N) is 1. The first-order chi connectivity index (χ1) is 22.0. The van der Waals surface area contributed by atoms with Gasteiger partial charge in [-0.25, -0.2) is 12.8 Å². The Kier molecular flexibility index (Phi) is 11.5. The van der Waals surface area contributed by atoms with E-state index in [2.05, 4.69) is 5.32 Å². The second-order valence-electron chi connectivity index (χ2n) is 11.2. The van der Waals surface area contributed by atoms with E-state index in [1.165, 1.54) is 48.4 Å². The Morgan fingerprint density at radius 1 is 0.870 bits per heavy atom. The summed E-state index contributed by atoms with van der Waals surface area (Å²) in [5, 5.41) is 3.02. The molecule has 0 spiro atoms. The average Bonchev–Trinajstić information content (AvgIpc) is 3.06. The largest absolute Gasteiger partial charge is 0.497 e. The number of methoxy groups -OCH3 is 1. The van der Waals surface area contributed by atoms with Gasteiger partial charge in [-0.3, -0.25) is 13.9 Å². The van der Waals surface area contributed by atoms with E-state index in [4.69, 9.17) is 4.74 Å². The Balaban J connectivity index is 1.80. The summed E-state index contributed by atoms with van der Waals surface area (Å²) in [4.78, 5) is 29.7. The van der Waals surface area contributed by atoms with Crippen LogP contribution in [0.5, 0.6) is 5.75 Å². The molecule has 0 saturated heterocycles. The molecule has 0 aliphatic carbocycles. The number of sulfonamides is 1. The first-order valence-corrected chi connectivity index (χ1v) is 16.6. The number of rotatable bonds is 14. The maximum atomic E-state index is 14.5. The normalized spacial score (nSPS) is 12.5. The fourth-order valence-corrected chi connectivity index (χ4v) is 6.31. The second kappa shape index (κ2) is 15.5. The molecule has 4 rings (SSSR count). The van der Waals surface area contributed by atoms with Crippen LogP contribution < -0.4 is 14.4 Å². The van der Waals surface area contributed by atoms with Crippen molar-refractivity contribution in [1.82, 2.24) is 10.2 Å². The van der Waals surface area contributed by atoms with E-state index in [0.717, 1.165) is 33.1 Å². The molecule has 0 aliphatic heterocycles. The van der Waals surface area contributed by atoms with Gasteiger partial charge in [0.25, 0.3) is 10.0 Å². The van der Waals surface area contributed by atoms with Crippen molar-refractivity contribution in [2.45, 2.75) is 57.1 Å². The molecule has 0 saturated carbocycles. The first-order valence-electron chi connectivity index (χ1n) is 15.1. The zero-order valence-electron chi connectivity index (χ0n) is 26.5. The van der Waals surface area contributed by atoms with Crippen LogP contribution in [0.3, 0.4) is 0 Å². The van der Waals surface area contributed by atoms with Gasteiger partial charge in [0.2, 0.25) is 11.8 Å². The third-order valence-corrected chi connectivity index (χ3v) is 9.57. The smallest absolute Gasteiger partial charge is 0.264 e. The van der Waals surface area contributed by atoms with Crippen molar-refractivity contribution >= 4 is 27.5 Å². The van der Waals surface area contributed by atoms with Gasteiger partial charge in [0, 0.05) is 19.0 Å². The molecule has 46 heavy (non-hydrogen) atoms. The standard InChI is InChI=1S/C36H40FN3O5S/c1-5-27(3)38-36(42)34(23-28-9-7-6-8-10-28)39(24-29-13-11-26(2)12-14-29)35(41)25-40(31-17-15-30(37)16-18-31)46(43,44)33-21-19-32(45-4)20-22-33/h6-22,27,34H,5,23-25H2,1-4H3,(H,38,42)/t27-,34-/m1/s1. The minimum Gasteiger partial charge on any atom is -0.497 e. The Labute approximate surface area is 270 Å². The zero-order chi connectivity index (χ0) is 33.3. The molecule has 10 heteroatoms. The van der Waals surface area contributed by atoms with E-state index in [1.54, 1.807) is 0 Å². The number of ether oxygens (including phenoxy) is 1. The summed E-state index contributed by atoms with van der Waals surface area (Å²) in [6.07, 6.45) is 0.899. The quantitative estimate of drug-likeness (QED) is 0.185. The van der Waals surface area contributed by atoms with Crippen LogP contribution in [0.4, 0.5) is 10.1 Å². The van der Waals surface area contributed by atoms with E-state index in [9.17, 15) is 22.4 Å². The highest BCUT2D eigenvalue weighted by Gasteiger charge is 2.35. The number of nitrogens with zero attached hydrogens (tertiary/aromatic N) is 2. The summed E-state index contributed by atoms with van der Waals surface area (Å²) in [5.74, 6) is -1.03. The lowest BCUT2D eigenvalue weighted by atomic mass is 10.0. The van der Waals surface area contributed by atoms with E-state index in [1.807, 2.05) is 75.4 Å². The molecule has 0 heterocycles. The first kappa shape index (κ1) is 34.2. The van der Waals surface area contributed by atoms with Crippen LogP contribution in [0.15, 0.2) is 108 Å². The summed E-state index contributed by atoms with van der Waals surface area (Å²) in [7, 11) is -2.85. The van der Waals surface area contributed by atoms with Gasteiger partial charge in [-0.15, -0.1) is 0 Å².